The maximum atomic E-state index is 12.3. The minimum Gasteiger partial charge on any atom is -0.372 e. The van der Waals surface area contributed by atoms with Gasteiger partial charge in [-0.2, -0.15) is 13.2 Å². The molecule has 10 heteroatoms. The van der Waals surface area contributed by atoms with E-state index in [4.69, 9.17) is 0 Å². The minimum absolute atomic E-state index is 0.152. The minimum atomic E-state index is -4.37. The van der Waals surface area contributed by atoms with Gasteiger partial charge >= 0.3 is 6.18 Å². The maximum Gasteiger partial charge on any atom is 0.411 e. The van der Waals surface area contributed by atoms with Crippen LogP contribution in [0.3, 0.4) is 0 Å². The van der Waals surface area contributed by atoms with Gasteiger partial charge in [0.1, 0.15) is 12.3 Å². The Bertz CT molecular complexity index is 868. The van der Waals surface area contributed by atoms with Crippen molar-refractivity contribution in [2.24, 2.45) is 0 Å². The monoisotopic (exact) mass is 411 g/mol. The first-order valence-corrected chi connectivity index (χ1v) is 8.53. The van der Waals surface area contributed by atoms with Crippen LogP contribution in [0.5, 0.6) is 0 Å². The summed E-state index contributed by atoms with van der Waals surface area (Å²) in [6.45, 7) is -1.33. The van der Waals surface area contributed by atoms with E-state index in [0.717, 1.165) is 5.56 Å². The molecule has 29 heavy (non-hydrogen) atoms. The van der Waals surface area contributed by atoms with E-state index in [0.29, 0.717) is 11.3 Å². The number of nitro benzene ring substituents is 1. The third kappa shape index (κ3) is 6.75. The zero-order chi connectivity index (χ0) is 21.6. The Kier molecular flexibility index (Phi) is 7.16. The highest BCUT2D eigenvalue weighted by Crippen LogP contribution is 2.27. The van der Waals surface area contributed by atoms with Gasteiger partial charge in [0.2, 0.25) is 0 Å². The van der Waals surface area contributed by atoms with E-state index < -0.39 is 23.6 Å². The second-order valence-corrected chi connectivity index (χ2v) is 6.46. The number of halogens is 3. The Morgan fingerprint density at radius 2 is 1.76 bits per heavy atom. The van der Waals surface area contributed by atoms with Crippen LogP contribution in [0.25, 0.3) is 0 Å². The van der Waals surface area contributed by atoms with Crippen molar-refractivity contribution in [1.82, 2.24) is 5.32 Å². The Morgan fingerprint density at radius 1 is 1.14 bits per heavy atom. The summed E-state index contributed by atoms with van der Waals surface area (Å²) in [6, 6.07) is 10.7. The highest BCUT2D eigenvalue weighted by atomic mass is 19.4. The molecule has 0 aliphatic heterocycles. The smallest absolute Gasteiger partial charge is 0.372 e. The number of hydrogen-bond donors (Lipinski definition) is 1. The van der Waals surface area contributed by atoms with Crippen LogP contribution in [0.15, 0.2) is 42.5 Å². The molecule has 0 aliphatic carbocycles. The highest BCUT2D eigenvalue weighted by molar-refractivity contribution is 5.95. The van der Waals surface area contributed by atoms with Crippen molar-refractivity contribution < 1.29 is 27.6 Å². The lowest BCUT2D eigenvalue weighted by Gasteiger charge is -2.13. The number of hydrogen-bond acceptors (Lipinski definition) is 5. The molecule has 0 heterocycles. The molecule has 0 fully saturated rings. The Morgan fingerprint density at radius 3 is 2.31 bits per heavy atom. The quantitative estimate of drug-likeness (QED) is 0.529. The largest absolute Gasteiger partial charge is 0.411 e. The number of rotatable bonds is 8. The summed E-state index contributed by atoms with van der Waals surface area (Å²) >= 11 is 0. The summed E-state index contributed by atoms with van der Waals surface area (Å²) in [5.74, 6) is -0.476. The summed E-state index contributed by atoms with van der Waals surface area (Å²) in [4.78, 5) is 24.6. The Balaban J connectivity index is 1.95. The van der Waals surface area contributed by atoms with E-state index in [1.54, 1.807) is 43.3 Å². The lowest BCUT2D eigenvalue weighted by atomic mass is 10.1. The molecular formula is C19H20F3N3O4. The normalized spacial score (nSPS) is 11.2. The number of carbonyl (C=O) groups excluding carboxylic acids is 1. The van der Waals surface area contributed by atoms with Crippen molar-refractivity contribution in [3.8, 4) is 0 Å². The number of anilines is 1. The van der Waals surface area contributed by atoms with Gasteiger partial charge in [0.05, 0.1) is 11.5 Å². The van der Waals surface area contributed by atoms with E-state index in [2.05, 4.69) is 10.1 Å². The van der Waals surface area contributed by atoms with E-state index in [9.17, 15) is 28.1 Å². The summed E-state index contributed by atoms with van der Waals surface area (Å²) in [5.41, 5.74) is 1.65. The zero-order valence-corrected chi connectivity index (χ0v) is 15.8. The standard InChI is InChI=1S/C19H20F3N3O4/c1-24(2)16-8-7-15(9-17(16)25(27)28)18(26)23-10-13-3-5-14(6-4-13)11-29-12-19(20,21)22/h3-9H,10-12H2,1-2H3,(H,23,26). The van der Waals surface area contributed by atoms with E-state index in [1.807, 2.05) is 0 Å². The first kappa shape index (κ1) is 22.2. The first-order valence-electron chi connectivity index (χ1n) is 8.53. The van der Waals surface area contributed by atoms with Crippen molar-refractivity contribution in [2.75, 3.05) is 25.6 Å². The van der Waals surface area contributed by atoms with Gasteiger partial charge in [-0.1, -0.05) is 24.3 Å². The molecule has 7 nitrogen and oxygen atoms in total. The number of nitro groups is 1. The van der Waals surface area contributed by atoms with Crippen molar-refractivity contribution in [3.63, 3.8) is 0 Å². The zero-order valence-electron chi connectivity index (χ0n) is 15.8. The molecule has 0 saturated heterocycles. The van der Waals surface area contributed by atoms with Crippen molar-refractivity contribution >= 4 is 17.3 Å². The molecule has 1 amide bonds. The number of amides is 1. The summed E-state index contributed by atoms with van der Waals surface area (Å²) in [7, 11) is 3.33. The first-order chi connectivity index (χ1) is 13.6. The van der Waals surface area contributed by atoms with Crippen molar-refractivity contribution in [3.05, 3.63) is 69.3 Å². The molecule has 156 valence electrons. The van der Waals surface area contributed by atoms with Crippen molar-refractivity contribution in [2.45, 2.75) is 19.3 Å². The van der Waals surface area contributed by atoms with Crippen LogP contribution >= 0.6 is 0 Å². The topological polar surface area (TPSA) is 84.7 Å². The molecule has 0 unspecified atom stereocenters. The molecule has 2 aromatic carbocycles. The van der Waals surface area contributed by atoms with Gasteiger partial charge in [-0.25, -0.2) is 0 Å². The molecule has 0 saturated carbocycles. The molecule has 0 bridgehead atoms. The van der Waals surface area contributed by atoms with Crippen LogP contribution in [0.2, 0.25) is 0 Å². The lowest BCUT2D eigenvalue weighted by molar-refractivity contribution is -0.384. The third-order valence-corrected chi connectivity index (χ3v) is 3.93. The number of carbonyl (C=O) groups is 1. The van der Waals surface area contributed by atoms with Gasteiger partial charge < -0.3 is 15.0 Å². The number of alkyl halides is 3. The summed E-state index contributed by atoms with van der Waals surface area (Å²) in [6.07, 6.45) is -4.37. The molecule has 2 rings (SSSR count). The van der Waals surface area contributed by atoms with Crippen LogP contribution in [0.1, 0.15) is 21.5 Å². The summed E-state index contributed by atoms with van der Waals surface area (Å²) < 4.78 is 40.8. The van der Waals surface area contributed by atoms with Crippen LogP contribution in [-0.2, 0) is 17.9 Å². The molecule has 0 radical (unpaired) electrons. The number of nitrogens with zero attached hydrogens (tertiary/aromatic N) is 2. The van der Waals surface area contributed by atoms with Gasteiger partial charge in [0, 0.05) is 32.3 Å². The van der Waals surface area contributed by atoms with E-state index in [-0.39, 0.29) is 24.4 Å². The van der Waals surface area contributed by atoms with Crippen molar-refractivity contribution in [1.29, 1.82) is 0 Å². The molecule has 2 aromatic rings. The van der Waals surface area contributed by atoms with Crippen LogP contribution in [0, 0.1) is 10.1 Å². The number of nitrogens with one attached hydrogen (secondary N) is 1. The highest BCUT2D eigenvalue weighted by Gasteiger charge is 2.27. The maximum absolute atomic E-state index is 12.3. The van der Waals surface area contributed by atoms with E-state index >= 15 is 0 Å². The van der Waals surface area contributed by atoms with Gasteiger partial charge in [0.15, 0.2) is 0 Å². The fourth-order valence-corrected chi connectivity index (χ4v) is 2.51. The third-order valence-electron chi connectivity index (χ3n) is 3.93. The lowest BCUT2D eigenvalue weighted by Crippen LogP contribution is -2.23. The molecule has 1 N–H and O–H groups in total. The fraction of sp³-hybridized carbons (Fsp3) is 0.316. The molecular weight excluding hydrogens is 391 g/mol. The van der Waals surface area contributed by atoms with E-state index in [1.165, 1.54) is 18.2 Å². The van der Waals surface area contributed by atoms with Crippen LogP contribution < -0.4 is 10.2 Å². The van der Waals surface area contributed by atoms with Gasteiger partial charge in [0.25, 0.3) is 11.6 Å². The second kappa shape index (κ2) is 9.37. The van der Waals surface area contributed by atoms with Gasteiger partial charge in [-0.3, -0.25) is 14.9 Å². The average molecular weight is 411 g/mol. The molecule has 0 spiro atoms. The van der Waals surface area contributed by atoms with Gasteiger partial charge in [-0.05, 0) is 23.3 Å². The predicted octanol–water partition coefficient (Wildman–Crippen LogP) is 3.67. The predicted molar refractivity (Wildman–Crippen MR) is 101 cm³/mol. The Labute approximate surface area is 165 Å². The van der Waals surface area contributed by atoms with Crippen LogP contribution in [0.4, 0.5) is 24.5 Å². The van der Waals surface area contributed by atoms with Crippen LogP contribution in [-0.4, -0.2) is 37.7 Å². The SMILES string of the molecule is CN(C)c1ccc(C(=O)NCc2ccc(COCC(F)(F)F)cc2)cc1[N+](=O)[O-]. The average Bonchev–Trinajstić information content (AvgIpc) is 2.65. The van der Waals surface area contributed by atoms with Gasteiger partial charge in [-0.15, -0.1) is 0 Å². The second-order valence-electron chi connectivity index (χ2n) is 6.46. The molecule has 0 aliphatic rings. The number of benzene rings is 2. The molecule has 0 aromatic heterocycles. The fourth-order valence-electron chi connectivity index (χ4n) is 2.51. The number of ether oxygens (including phenoxy) is 1. The summed E-state index contributed by atoms with van der Waals surface area (Å²) in [5, 5.41) is 13.9. The molecule has 0 atom stereocenters. The Hall–Kier alpha value is -3.14.